The summed E-state index contributed by atoms with van der Waals surface area (Å²) in [7, 11) is 0. The van der Waals surface area contributed by atoms with Crippen LogP contribution in [0.5, 0.6) is 5.75 Å². The first kappa shape index (κ1) is 11.8. The van der Waals surface area contributed by atoms with Crippen LogP contribution in [0.1, 0.15) is 30.0 Å². The molecule has 90 valence electrons. The highest BCUT2D eigenvalue weighted by Gasteiger charge is 2.13. The van der Waals surface area contributed by atoms with Crippen molar-refractivity contribution in [2.75, 3.05) is 0 Å². The highest BCUT2D eigenvalue weighted by Crippen LogP contribution is 2.35. The molecule has 0 radical (unpaired) electrons. The van der Waals surface area contributed by atoms with Crippen LogP contribution in [0.25, 0.3) is 11.0 Å². The van der Waals surface area contributed by atoms with Gasteiger partial charge in [-0.05, 0) is 50.8 Å². The number of furan rings is 1. The fraction of sp³-hybridized carbons (Fsp3) is 0.333. The molecule has 1 aromatic heterocycles. The van der Waals surface area contributed by atoms with E-state index in [-0.39, 0.29) is 0 Å². The summed E-state index contributed by atoms with van der Waals surface area (Å²) < 4.78 is 5.41. The van der Waals surface area contributed by atoms with Crippen LogP contribution < -0.4 is 0 Å². The Morgan fingerprint density at radius 3 is 2.76 bits per heavy atom. The average molecular weight is 230 g/mol. The van der Waals surface area contributed by atoms with Crippen LogP contribution >= 0.6 is 0 Å². The van der Waals surface area contributed by atoms with Gasteiger partial charge >= 0.3 is 0 Å². The van der Waals surface area contributed by atoms with Crippen molar-refractivity contribution in [3.8, 4) is 5.75 Å². The summed E-state index contributed by atoms with van der Waals surface area (Å²) in [6.07, 6.45) is 7.62. The summed E-state index contributed by atoms with van der Waals surface area (Å²) >= 11 is 0. The third-order valence-electron chi connectivity index (χ3n) is 3.16. The number of hydrogen-bond acceptors (Lipinski definition) is 2. The van der Waals surface area contributed by atoms with Gasteiger partial charge < -0.3 is 9.52 Å². The van der Waals surface area contributed by atoms with Gasteiger partial charge in [-0.3, -0.25) is 0 Å². The lowest BCUT2D eigenvalue weighted by atomic mass is 9.99. The summed E-state index contributed by atoms with van der Waals surface area (Å²) in [6.45, 7) is 6.03. The van der Waals surface area contributed by atoms with E-state index in [1.165, 1.54) is 0 Å². The largest absolute Gasteiger partial charge is 0.504 e. The van der Waals surface area contributed by atoms with Crippen molar-refractivity contribution >= 4 is 11.0 Å². The molecule has 0 saturated heterocycles. The Bertz CT molecular complexity index is 562. The molecule has 0 aliphatic heterocycles. The molecule has 1 heterocycles. The van der Waals surface area contributed by atoms with E-state index in [9.17, 15) is 5.11 Å². The van der Waals surface area contributed by atoms with Gasteiger partial charge in [0.15, 0.2) is 11.3 Å². The fourth-order valence-corrected chi connectivity index (χ4v) is 2.15. The second-order valence-corrected chi connectivity index (χ2v) is 4.42. The van der Waals surface area contributed by atoms with Crippen molar-refractivity contribution < 1.29 is 9.52 Å². The molecule has 2 heteroatoms. The van der Waals surface area contributed by atoms with Crippen molar-refractivity contribution in [3.63, 3.8) is 0 Å². The van der Waals surface area contributed by atoms with Crippen molar-refractivity contribution in [2.24, 2.45) is 0 Å². The molecule has 0 atom stereocenters. The van der Waals surface area contributed by atoms with E-state index in [1.54, 1.807) is 6.26 Å². The van der Waals surface area contributed by atoms with Crippen molar-refractivity contribution in [1.82, 2.24) is 0 Å². The lowest BCUT2D eigenvalue weighted by Gasteiger charge is -2.08. The molecule has 2 nitrogen and oxygen atoms in total. The standard InChI is InChI=1S/C15H18O2/c1-4-5-6-7-12-10(2)8-13-11(3)9-17-15(13)14(12)16/h4-5,8-9,16H,6-7H2,1-3H3. The number of allylic oxidation sites excluding steroid dienone is 2. The first-order valence-electron chi connectivity index (χ1n) is 5.95. The zero-order valence-corrected chi connectivity index (χ0v) is 10.6. The predicted molar refractivity (Wildman–Crippen MR) is 70.5 cm³/mol. The van der Waals surface area contributed by atoms with Crippen LogP contribution in [0, 0.1) is 13.8 Å². The van der Waals surface area contributed by atoms with Crippen LogP contribution in [0.3, 0.4) is 0 Å². The lowest BCUT2D eigenvalue weighted by Crippen LogP contribution is -1.90. The predicted octanol–water partition coefficient (Wildman–Crippen LogP) is 4.26. The monoisotopic (exact) mass is 230 g/mol. The molecule has 0 unspecified atom stereocenters. The number of aryl methyl sites for hydroxylation is 2. The highest BCUT2D eigenvalue weighted by atomic mass is 16.3. The molecule has 2 aromatic rings. The molecule has 0 aliphatic rings. The number of rotatable bonds is 3. The molecule has 0 aliphatic carbocycles. The molecule has 1 aromatic carbocycles. The van der Waals surface area contributed by atoms with Gasteiger partial charge in [-0.15, -0.1) is 0 Å². The lowest BCUT2D eigenvalue weighted by molar-refractivity contribution is 0.457. The van der Waals surface area contributed by atoms with Gasteiger partial charge in [0, 0.05) is 10.9 Å². The minimum Gasteiger partial charge on any atom is -0.504 e. The zero-order chi connectivity index (χ0) is 12.4. The van der Waals surface area contributed by atoms with Crippen LogP contribution in [-0.2, 0) is 6.42 Å². The number of aromatic hydroxyl groups is 1. The number of hydrogen-bond donors (Lipinski definition) is 1. The summed E-state index contributed by atoms with van der Waals surface area (Å²) in [5, 5.41) is 11.2. The molecule has 0 spiro atoms. The topological polar surface area (TPSA) is 33.4 Å². The Kier molecular flexibility index (Phi) is 3.23. The Morgan fingerprint density at radius 1 is 1.29 bits per heavy atom. The Hall–Kier alpha value is -1.70. The maximum absolute atomic E-state index is 10.2. The van der Waals surface area contributed by atoms with Crippen molar-refractivity contribution in [1.29, 1.82) is 0 Å². The minimum absolute atomic E-state index is 0.303. The number of phenols is 1. The van der Waals surface area contributed by atoms with E-state index < -0.39 is 0 Å². The third-order valence-corrected chi connectivity index (χ3v) is 3.16. The number of phenolic OH excluding ortho intramolecular Hbond substituents is 1. The minimum atomic E-state index is 0.303. The van der Waals surface area contributed by atoms with Crippen molar-refractivity contribution in [2.45, 2.75) is 33.6 Å². The van der Waals surface area contributed by atoms with Gasteiger partial charge in [0.1, 0.15) is 0 Å². The van der Waals surface area contributed by atoms with Crippen LogP contribution in [0.4, 0.5) is 0 Å². The molecule has 2 rings (SSSR count). The fourth-order valence-electron chi connectivity index (χ4n) is 2.15. The van der Waals surface area contributed by atoms with Gasteiger partial charge in [-0.2, -0.15) is 0 Å². The zero-order valence-electron chi connectivity index (χ0n) is 10.6. The number of fused-ring (bicyclic) bond motifs is 1. The normalized spacial score (nSPS) is 11.7. The van der Waals surface area contributed by atoms with Gasteiger partial charge in [-0.25, -0.2) is 0 Å². The van der Waals surface area contributed by atoms with Gasteiger partial charge in [0.05, 0.1) is 6.26 Å². The maximum atomic E-state index is 10.2. The van der Waals surface area contributed by atoms with Crippen LogP contribution in [0.2, 0.25) is 0 Å². The molecule has 1 N–H and O–H groups in total. The van der Waals surface area contributed by atoms with E-state index >= 15 is 0 Å². The molecule has 0 fully saturated rings. The van der Waals surface area contributed by atoms with E-state index in [0.717, 1.165) is 34.9 Å². The molecular weight excluding hydrogens is 212 g/mol. The molecular formula is C15H18O2. The average Bonchev–Trinajstić information content (AvgIpc) is 2.66. The number of benzene rings is 1. The summed E-state index contributed by atoms with van der Waals surface area (Å²) in [5.74, 6) is 0.303. The second kappa shape index (κ2) is 4.66. The van der Waals surface area contributed by atoms with E-state index in [4.69, 9.17) is 4.42 Å². The summed E-state index contributed by atoms with van der Waals surface area (Å²) in [4.78, 5) is 0. The highest BCUT2D eigenvalue weighted by molar-refractivity contribution is 5.88. The van der Waals surface area contributed by atoms with Gasteiger partial charge in [0.25, 0.3) is 0 Å². The van der Waals surface area contributed by atoms with E-state index in [2.05, 4.69) is 12.1 Å². The maximum Gasteiger partial charge on any atom is 0.176 e. The van der Waals surface area contributed by atoms with Crippen LogP contribution in [-0.4, -0.2) is 5.11 Å². The first-order chi connectivity index (χ1) is 8.15. The summed E-state index contributed by atoms with van der Waals surface area (Å²) in [5.41, 5.74) is 3.80. The molecule has 0 amide bonds. The SMILES string of the molecule is CC=CCCc1c(C)cc2c(C)coc2c1O. The smallest absolute Gasteiger partial charge is 0.176 e. The Morgan fingerprint density at radius 2 is 2.06 bits per heavy atom. The molecule has 0 bridgehead atoms. The third kappa shape index (κ3) is 2.07. The molecule has 17 heavy (non-hydrogen) atoms. The Balaban J connectivity index is 2.48. The van der Waals surface area contributed by atoms with Crippen molar-refractivity contribution in [3.05, 3.63) is 41.2 Å². The Labute approximate surface area is 102 Å². The first-order valence-corrected chi connectivity index (χ1v) is 5.95. The second-order valence-electron chi connectivity index (χ2n) is 4.42. The molecule has 0 saturated carbocycles. The quantitative estimate of drug-likeness (QED) is 0.799. The van der Waals surface area contributed by atoms with Gasteiger partial charge in [0.2, 0.25) is 0 Å². The summed E-state index contributed by atoms with van der Waals surface area (Å²) in [6, 6.07) is 2.10. The van der Waals surface area contributed by atoms with Gasteiger partial charge in [-0.1, -0.05) is 12.2 Å². The van der Waals surface area contributed by atoms with E-state index in [0.29, 0.717) is 11.3 Å². The van der Waals surface area contributed by atoms with Crippen LogP contribution in [0.15, 0.2) is 28.9 Å². The van der Waals surface area contributed by atoms with E-state index in [1.807, 2.05) is 26.8 Å².